The van der Waals surface area contributed by atoms with E-state index in [-0.39, 0.29) is 18.8 Å². The maximum atomic E-state index is 13.9. The molecule has 6 heteroatoms. The quantitative estimate of drug-likeness (QED) is 0.823. The number of halogens is 1. The van der Waals surface area contributed by atoms with E-state index in [0.717, 1.165) is 6.20 Å². The van der Waals surface area contributed by atoms with Crippen molar-refractivity contribution in [3.8, 4) is 5.88 Å². The molecule has 1 aliphatic rings. The third kappa shape index (κ3) is 1.53. The average Bonchev–Trinajstić information content (AvgIpc) is 3.18. The van der Waals surface area contributed by atoms with Gasteiger partial charge in [0, 0.05) is 6.07 Å². The highest BCUT2D eigenvalue weighted by Gasteiger charge is 2.49. The lowest BCUT2D eigenvalue weighted by Gasteiger charge is -2.12. The van der Waals surface area contributed by atoms with Gasteiger partial charge in [0.2, 0.25) is 5.88 Å². The van der Waals surface area contributed by atoms with Crippen LogP contribution in [-0.2, 0) is 10.3 Å². The second-order valence-electron chi connectivity index (χ2n) is 4.14. The van der Waals surface area contributed by atoms with Crippen molar-refractivity contribution in [2.75, 3.05) is 20.3 Å². The van der Waals surface area contributed by atoms with E-state index < -0.39 is 11.4 Å². The Morgan fingerprint density at radius 1 is 1.56 bits per heavy atom. The minimum absolute atomic E-state index is 0.244. The molecule has 3 heterocycles. The van der Waals surface area contributed by atoms with Gasteiger partial charge in [0.25, 0.3) is 0 Å². The van der Waals surface area contributed by atoms with Gasteiger partial charge in [-0.25, -0.2) is 9.37 Å². The molecule has 5 nitrogen and oxygen atoms in total. The van der Waals surface area contributed by atoms with Crippen LogP contribution >= 0.6 is 0 Å². The van der Waals surface area contributed by atoms with Crippen LogP contribution in [0.15, 0.2) is 18.3 Å². The number of aliphatic hydroxyl groups is 1. The lowest BCUT2D eigenvalue weighted by Crippen LogP contribution is -2.17. The van der Waals surface area contributed by atoms with Crippen LogP contribution < -0.4 is 4.74 Å². The summed E-state index contributed by atoms with van der Waals surface area (Å²) in [6, 6.07) is 3.34. The predicted molar refractivity (Wildman–Crippen MR) is 60.8 cm³/mol. The molecule has 3 rings (SSSR count). The Morgan fingerprint density at radius 2 is 2.33 bits per heavy atom. The molecule has 1 fully saturated rings. The maximum Gasteiger partial charge on any atom is 0.213 e. The van der Waals surface area contributed by atoms with Crippen LogP contribution in [0, 0.1) is 5.82 Å². The number of rotatable bonds is 3. The molecule has 2 aromatic rings. The largest absolute Gasteiger partial charge is 0.481 e. The first-order valence-electron chi connectivity index (χ1n) is 5.45. The number of hydrogen-bond acceptors (Lipinski definition) is 5. The molecular formula is C12H11FN2O3. The van der Waals surface area contributed by atoms with Crippen molar-refractivity contribution in [2.45, 2.75) is 5.60 Å². The van der Waals surface area contributed by atoms with Crippen molar-refractivity contribution in [1.29, 1.82) is 0 Å². The molecule has 18 heavy (non-hydrogen) atoms. The summed E-state index contributed by atoms with van der Waals surface area (Å²) in [5, 5.41) is 9.35. The normalized spacial score (nSPS) is 22.2. The van der Waals surface area contributed by atoms with Crippen molar-refractivity contribution < 1.29 is 19.0 Å². The molecule has 0 aliphatic carbocycles. The molecular weight excluding hydrogens is 239 g/mol. The van der Waals surface area contributed by atoms with Gasteiger partial charge < -0.3 is 14.6 Å². The van der Waals surface area contributed by atoms with E-state index in [4.69, 9.17) is 9.47 Å². The molecule has 0 amide bonds. The van der Waals surface area contributed by atoms with Gasteiger partial charge in [0.15, 0.2) is 0 Å². The summed E-state index contributed by atoms with van der Waals surface area (Å²) in [4.78, 5) is 8.16. The van der Waals surface area contributed by atoms with E-state index in [9.17, 15) is 9.50 Å². The van der Waals surface area contributed by atoms with Crippen molar-refractivity contribution in [1.82, 2.24) is 9.97 Å². The van der Waals surface area contributed by atoms with Crippen molar-refractivity contribution in [2.24, 2.45) is 0 Å². The fourth-order valence-corrected chi connectivity index (χ4v) is 1.97. The molecule has 0 aromatic carbocycles. The third-order valence-corrected chi connectivity index (χ3v) is 3.05. The number of epoxide rings is 1. The van der Waals surface area contributed by atoms with E-state index in [2.05, 4.69) is 9.97 Å². The smallest absolute Gasteiger partial charge is 0.213 e. The van der Waals surface area contributed by atoms with Crippen LogP contribution in [0.4, 0.5) is 4.39 Å². The van der Waals surface area contributed by atoms with Gasteiger partial charge in [-0.1, -0.05) is 0 Å². The summed E-state index contributed by atoms with van der Waals surface area (Å²) < 4.78 is 24.2. The van der Waals surface area contributed by atoms with E-state index in [1.807, 2.05) is 0 Å². The van der Waals surface area contributed by atoms with Gasteiger partial charge in [0.1, 0.15) is 16.9 Å². The number of aliphatic hydroxyl groups excluding tert-OH is 1. The zero-order chi connectivity index (χ0) is 12.8. The summed E-state index contributed by atoms with van der Waals surface area (Å²) in [5.41, 5.74) is 0.162. The van der Waals surface area contributed by atoms with Crippen molar-refractivity contribution in [3.63, 3.8) is 0 Å². The molecule has 0 saturated carbocycles. The molecule has 94 valence electrons. The van der Waals surface area contributed by atoms with Gasteiger partial charge >= 0.3 is 0 Å². The fraction of sp³-hybridized carbons (Fsp3) is 0.333. The monoisotopic (exact) mass is 250 g/mol. The zero-order valence-electron chi connectivity index (χ0n) is 9.68. The van der Waals surface area contributed by atoms with E-state index in [0.29, 0.717) is 16.9 Å². The Labute approximate surface area is 102 Å². The number of ether oxygens (including phenoxy) is 2. The Hall–Kier alpha value is -1.79. The molecule has 2 aromatic heterocycles. The molecule has 1 atom stereocenters. The molecule has 1 aliphatic heterocycles. The molecule has 0 radical (unpaired) electrons. The SMILES string of the molecule is COc1ccc2ncc(F)c([C@]3(CO)CO3)c2n1. The lowest BCUT2D eigenvalue weighted by molar-refractivity contribution is 0.170. The van der Waals surface area contributed by atoms with Gasteiger partial charge in [-0.15, -0.1) is 0 Å². The first-order valence-corrected chi connectivity index (χ1v) is 5.45. The van der Waals surface area contributed by atoms with Crippen LogP contribution in [0.1, 0.15) is 5.56 Å². The summed E-state index contributed by atoms with van der Waals surface area (Å²) >= 11 is 0. The molecule has 0 bridgehead atoms. The van der Waals surface area contributed by atoms with Crippen LogP contribution in [-0.4, -0.2) is 35.4 Å². The number of fused-ring (bicyclic) bond motifs is 1. The van der Waals surface area contributed by atoms with Gasteiger partial charge in [-0.05, 0) is 6.07 Å². The lowest BCUT2D eigenvalue weighted by atomic mass is 9.99. The Morgan fingerprint density at radius 3 is 2.94 bits per heavy atom. The number of methoxy groups -OCH3 is 1. The highest BCUT2D eigenvalue weighted by atomic mass is 19.1. The van der Waals surface area contributed by atoms with Crippen molar-refractivity contribution in [3.05, 3.63) is 29.7 Å². The second-order valence-corrected chi connectivity index (χ2v) is 4.14. The van der Waals surface area contributed by atoms with Gasteiger partial charge in [-0.2, -0.15) is 0 Å². The number of pyridine rings is 2. The van der Waals surface area contributed by atoms with Crippen LogP contribution in [0.3, 0.4) is 0 Å². The van der Waals surface area contributed by atoms with E-state index in [1.54, 1.807) is 12.1 Å². The number of hydrogen-bond donors (Lipinski definition) is 1. The average molecular weight is 250 g/mol. The van der Waals surface area contributed by atoms with Crippen molar-refractivity contribution >= 4 is 11.0 Å². The molecule has 0 spiro atoms. The van der Waals surface area contributed by atoms with Crippen LogP contribution in [0.25, 0.3) is 11.0 Å². The van der Waals surface area contributed by atoms with Gasteiger partial charge in [0.05, 0.1) is 37.6 Å². The predicted octanol–water partition coefficient (Wildman–Crippen LogP) is 0.995. The maximum absolute atomic E-state index is 13.9. The zero-order valence-corrected chi connectivity index (χ0v) is 9.68. The highest BCUT2D eigenvalue weighted by Crippen LogP contribution is 2.42. The molecule has 0 unspecified atom stereocenters. The number of aromatic nitrogens is 2. The standard InChI is InChI=1S/C12H11FN2O3/c1-17-9-3-2-8-11(15-9)10(7(13)4-14-8)12(5-16)6-18-12/h2-4,16H,5-6H2,1H3/t12-/m0/s1. The molecule has 1 N–H and O–H groups in total. The Kier molecular flexibility index (Phi) is 2.42. The minimum atomic E-state index is -0.982. The first kappa shape index (κ1) is 11.3. The third-order valence-electron chi connectivity index (χ3n) is 3.05. The second kappa shape index (κ2) is 3.86. The highest BCUT2D eigenvalue weighted by molar-refractivity contribution is 5.79. The topological polar surface area (TPSA) is 67.8 Å². The summed E-state index contributed by atoms with van der Waals surface area (Å²) in [7, 11) is 1.48. The molecule has 1 saturated heterocycles. The first-order chi connectivity index (χ1) is 8.70. The Bertz CT molecular complexity index is 614. The minimum Gasteiger partial charge on any atom is -0.481 e. The summed E-state index contributed by atoms with van der Waals surface area (Å²) in [6.07, 6.45) is 1.12. The summed E-state index contributed by atoms with van der Waals surface area (Å²) in [6.45, 7) is -0.0135. The van der Waals surface area contributed by atoms with Gasteiger partial charge in [-0.3, -0.25) is 4.98 Å². The van der Waals surface area contributed by atoms with Crippen LogP contribution in [0.2, 0.25) is 0 Å². The van der Waals surface area contributed by atoms with Crippen LogP contribution in [0.5, 0.6) is 5.88 Å². The number of nitrogens with zero attached hydrogens (tertiary/aromatic N) is 2. The van der Waals surface area contributed by atoms with E-state index in [1.165, 1.54) is 7.11 Å². The fourth-order valence-electron chi connectivity index (χ4n) is 1.97. The summed E-state index contributed by atoms with van der Waals surface area (Å²) in [5.74, 6) is -0.167. The Balaban J connectivity index is 2.30. The van der Waals surface area contributed by atoms with E-state index >= 15 is 0 Å².